The molecule has 0 fully saturated rings. The van der Waals surface area contributed by atoms with Crippen molar-refractivity contribution in [3.8, 4) is 158 Å². The van der Waals surface area contributed by atoms with E-state index in [0.717, 1.165) is 143 Å². The first-order valence-electron chi connectivity index (χ1n) is 42.3. The van der Waals surface area contributed by atoms with Gasteiger partial charge >= 0.3 is 0 Å². The minimum absolute atomic E-state index is 0.640. The van der Waals surface area contributed by atoms with E-state index >= 15 is 0 Å². The van der Waals surface area contributed by atoms with Crippen molar-refractivity contribution >= 4 is 64.6 Å². The van der Waals surface area contributed by atoms with Crippen LogP contribution in [0.2, 0.25) is 0 Å². The molecule has 9 nitrogen and oxygen atoms in total. The third-order valence-corrected chi connectivity index (χ3v) is 23.1. The van der Waals surface area contributed by atoms with Gasteiger partial charge in [0.2, 0.25) is 0 Å². The Kier molecular flexibility index (Phi) is 21.0. The van der Waals surface area contributed by atoms with E-state index in [1.54, 1.807) is 0 Å². The van der Waals surface area contributed by atoms with Crippen LogP contribution in [0, 0.1) is 0 Å². The standard InChI is InChI=1S/2C41H27N3.C35H23N3/c1-4-14-28(15-5-1)31-24-25-36(37(27-31)29-16-6-2-7-17-29)40-42-39(30-18-8-3-9-19-30)43-41(44-40)38-34-22-12-10-20-32(34)26-33-21-11-13-23-35(33)38;1-4-14-28(15-5-1)32-24-33(29-16-6-2-7-17-29)26-34(25-32)40-42-39(30-18-8-3-9-19-30)43-41(44-40)38-27-31-20-10-11-21-35(31)36-22-12-13-23-37(36)38;1-3-13-24(14-4-1)27-18-9-12-22-31(27)34-36-33(25-15-5-2-6-16-25)37-35(38-34)32-23-26-17-7-8-19-28(26)29-20-10-11-21-30(29)32/h2*1-27H;1-23H. The van der Waals surface area contributed by atoms with Crippen molar-refractivity contribution in [2.75, 3.05) is 0 Å². The van der Waals surface area contributed by atoms with Gasteiger partial charge < -0.3 is 0 Å². The lowest BCUT2D eigenvalue weighted by Crippen LogP contribution is -2.02. The Morgan fingerprint density at radius 3 is 0.770 bits per heavy atom. The summed E-state index contributed by atoms with van der Waals surface area (Å²) in [4.78, 5) is 46.1. The predicted octanol–water partition coefficient (Wildman–Crippen LogP) is 29.9. The van der Waals surface area contributed by atoms with Crippen LogP contribution in [0.3, 0.4) is 0 Å². The van der Waals surface area contributed by atoms with Gasteiger partial charge in [0.25, 0.3) is 0 Å². The Balaban J connectivity index is 0.000000116. The highest BCUT2D eigenvalue weighted by Crippen LogP contribution is 2.44. The van der Waals surface area contributed by atoms with Crippen LogP contribution in [0.5, 0.6) is 0 Å². The molecule has 0 N–H and O–H groups in total. The van der Waals surface area contributed by atoms with Crippen molar-refractivity contribution in [1.29, 1.82) is 0 Å². The van der Waals surface area contributed by atoms with E-state index in [1.165, 1.54) is 27.1 Å². The molecule has 590 valence electrons. The second-order valence-electron chi connectivity index (χ2n) is 31.0. The van der Waals surface area contributed by atoms with Crippen LogP contribution in [0.15, 0.2) is 467 Å². The van der Waals surface area contributed by atoms with Crippen LogP contribution in [-0.2, 0) is 0 Å². The van der Waals surface area contributed by atoms with Crippen molar-refractivity contribution in [2.24, 2.45) is 0 Å². The molecule has 126 heavy (non-hydrogen) atoms. The zero-order valence-electron chi connectivity index (χ0n) is 68.5. The van der Waals surface area contributed by atoms with E-state index < -0.39 is 0 Å². The highest BCUT2D eigenvalue weighted by molar-refractivity contribution is 6.15. The minimum Gasteiger partial charge on any atom is -0.208 e. The number of rotatable bonds is 14. The summed E-state index contributed by atoms with van der Waals surface area (Å²) in [6.07, 6.45) is 0. The number of hydrogen-bond acceptors (Lipinski definition) is 9. The SMILES string of the molecule is c1ccc(-c2cc(-c3ccccc3)cc(-c3nc(-c4ccccc4)nc(-c4cc5ccccc5c5ccccc45)n3)c2)cc1.c1ccc(-c2ccc(-c3nc(-c4ccccc4)nc(-c4c5ccccc5cc5ccccc45)n3)c(-c3ccccc3)c2)cc1.c1ccc(-c2nc(-c3ccccc3-c3ccccc3)nc(-c3cc4ccccc4c4ccccc34)n2)cc1. The zero-order chi connectivity index (χ0) is 83.9. The molecule has 0 aliphatic heterocycles. The van der Waals surface area contributed by atoms with Gasteiger partial charge in [0.1, 0.15) is 0 Å². The molecule has 0 atom stereocenters. The Labute approximate surface area is 729 Å². The molecule has 3 heterocycles. The third-order valence-electron chi connectivity index (χ3n) is 23.1. The lowest BCUT2D eigenvalue weighted by atomic mass is 9.94. The van der Waals surface area contributed by atoms with Gasteiger partial charge in [0.15, 0.2) is 52.4 Å². The molecule has 0 bridgehead atoms. The summed E-state index contributed by atoms with van der Waals surface area (Å²) >= 11 is 0. The number of fused-ring (bicyclic) bond motifs is 8. The summed E-state index contributed by atoms with van der Waals surface area (Å²) in [5.74, 6) is 5.87. The molecule has 0 saturated heterocycles. The zero-order valence-corrected chi connectivity index (χ0v) is 68.5. The smallest absolute Gasteiger partial charge is 0.165 e. The quantitative estimate of drug-likeness (QED) is 0.0775. The summed E-state index contributed by atoms with van der Waals surface area (Å²) in [6.45, 7) is 0. The van der Waals surface area contributed by atoms with Crippen LogP contribution in [-0.4, -0.2) is 44.9 Å². The van der Waals surface area contributed by atoms with Crippen LogP contribution < -0.4 is 0 Å². The molecule has 20 aromatic carbocycles. The molecular weight excluding hydrogens is 1530 g/mol. The van der Waals surface area contributed by atoms with Gasteiger partial charge in [-0.05, 0) is 169 Å². The molecule has 0 spiro atoms. The molecule has 23 rings (SSSR count). The third kappa shape index (κ3) is 15.7. The first kappa shape index (κ1) is 76.4. The first-order chi connectivity index (χ1) is 62.5. The van der Waals surface area contributed by atoms with Crippen molar-refractivity contribution in [3.63, 3.8) is 0 Å². The summed E-state index contributed by atoms with van der Waals surface area (Å²) in [7, 11) is 0. The largest absolute Gasteiger partial charge is 0.208 e. The topological polar surface area (TPSA) is 116 Å². The highest BCUT2D eigenvalue weighted by Gasteiger charge is 2.24. The lowest BCUT2D eigenvalue weighted by Gasteiger charge is -2.15. The maximum atomic E-state index is 5.27. The van der Waals surface area contributed by atoms with Gasteiger partial charge in [-0.3, -0.25) is 0 Å². The molecule has 9 heteroatoms. The van der Waals surface area contributed by atoms with Gasteiger partial charge in [-0.15, -0.1) is 0 Å². The predicted molar refractivity (Wildman–Crippen MR) is 521 cm³/mol. The van der Waals surface area contributed by atoms with Crippen molar-refractivity contribution < 1.29 is 0 Å². The molecular formula is C117H77N9. The van der Waals surface area contributed by atoms with Gasteiger partial charge in [-0.2, -0.15) is 0 Å². The fraction of sp³-hybridized carbons (Fsp3) is 0. The van der Waals surface area contributed by atoms with Crippen LogP contribution in [0.1, 0.15) is 0 Å². The van der Waals surface area contributed by atoms with E-state index in [-0.39, 0.29) is 0 Å². The fourth-order valence-corrected chi connectivity index (χ4v) is 17.0. The average Bonchev–Trinajstić information content (AvgIpc) is 0.751. The molecule has 0 amide bonds. The van der Waals surface area contributed by atoms with Crippen molar-refractivity contribution in [2.45, 2.75) is 0 Å². The van der Waals surface area contributed by atoms with Crippen LogP contribution in [0.25, 0.3) is 223 Å². The second-order valence-corrected chi connectivity index (χ2v) is 31.0. The maximum absolute atomic E-state index is 5.27. The number of nitrogens with zero attached hydrogens (tertiary/aromatic N) is 9. The van der Waals surface area contributed by atoms with Crippen LogP contribution >= 0.6 is 0 Å². The Morgan fingerprint density at radius 2 is 0.357 bits per heavy atom. The fourth-order valence-electron chi connectivity index (χ4n) is 17.0. The van der Waals surface area contributed by atoms with Gasteiger partial charge in [0, 0.05) is 50.1 Å². The Bertz CT molecular complexity index is 7810. The van der Waals surface area contributed by atoms with E-state index in [1.807, 2.05) is 103 Å². The van der Waals surface area contributed by atoms with E-state index in [4.69, 9.17) is 44.9 Å². The Morgan fingerprint density at radius 1 is 0.103 bits per heavy atom. The molecule has 3 aromatic heterocycles. The van der Waals surface area contributed by atoms with E-state index in [2.05, 4.69) is 364 Å². The summed E-state index contributed by atoms with van der Waals surface area (Å²) in [6, 6.07) is 162. The summed E-state index contributed by atoms with van der Waals surface area (Å²) in [5, 5.41) is 13.9. The van der Waals surface area contributed by atoms with E-state index in [9.17, 15) is 0 Å². The van der Waals surface area contributed by atoms with Crippen molar-refractivity contribution in [3.05, 3.63) is 467 Å². The van der Waals surface area contributed by atoms with Crippen LogP contribution in [0.4, 0.5) is 0 Å². The molecule has 0 aliphatic rings. The lowest BCUT2D eigenvalue weighted by molar-refractivity contribution is 1.08. The normalized spacial score (nSPS) is 11.2. The molecule has 0 saturated carbocycles. The molecule has 0 unspecified atom stereocenters. The molecule has 0 aliphatic carbocycles. The number of hydrogen-bond donors (Lipinski definition) is 0. The second kappa shape index (κ2) is 34.6. The highest BCUT2D eigenvalue weighted by atomic mass is 15.1. The van der Waals surface area contributed by atoms with Gasteiger partial charge in [-0.1, -0.05) is 419 Å². The van der Waals surface area contributed by atoms with Gasteiger partial charge in [-0.25, -0.2) is 44.9 Å². The van der Waals surface area contributed by atoms with Crippen molar-refractivity contribution in [1.82, 2.24) is 44.9 Å². The van der Waals surface area contributed by atoms with E-state index in [0.29, 0.717) is 52.4 Å². The summed E-state index contributed by atoms with van der Waals surface area (Å²) in [5.41, 5.74) is 20.0. The maximum Gasteiger partial charge on any atom is 0.165 e. The van der Waals surface area contributed by atoms with Gasteiger partial charge in [0.05, 0.1) is 0 Å². The minimum atomic E-state index is 0.640. The average molecular weight is 1610 g/mol. The first-order valence-corrected chi connectivity index (χ1v) is 42.3. The molecule has 0 radical (unpaired) electrons. The number of aromatic nitrogens is 9. The number of benzene rings is 20. The Hall–Kier alpha value is -17.0. The monoisotopic (exact) mass is 1610 g/mol. The summed E-state index contributed by atoms with van der Waals surface area (Å²) < 4.78 is 0. The molecule has 23 aromatic rings.